The highest BCUT2D eigenvalue weighted by atomic mass is 35.5. The highest BCUT2D eigenvalue weighted by Gasteiger charge is 2.69. The van der Waals surface area contributed by atoms with E-state index in [9.17, 15) is 14.4 Å². The van der Waals surface area contributed by atoms with Crippen LogP contribution < -0.4 is 15.8 Å². The molecule has 1 aromatic heterocycles. The Balaban J connectivity index is 1.53. The number of benzene rings is 3. The van der Waals surface area contributed by atoms with Crippen LogP contribution in [-0.4, -0.2) is 27.4 Å². The number of fused-ring (bicyclic) bond motifs is 8. The number of nitrogens with one attached hydrogen (secondary N) is 1. The Bertz CT molecular complexity index is 1780. The molecule has 39 heavy (non-hydrogen) atoms. The molecular weight excluding hydrogens is 512 g/mol. The summed E-state index contributed by atoms with van der Waals surface area (Å²) in [6, 6.07) is 19.9. The molecule has 196 valence electrons. The van der Waals surface area contributed by atoms with Gasteiger partial charge in [0, 0.05) is 16.6 Å². The summed E-state index contributed by atoms with van der Waals surface area (Å²) < 4.78 is 1.63. The normalized spacial score (nSPS) is 25.2. The van der Waals surface area contributed by atoms with E-state index in [1.54, 1.807) is 28.8 Å². The number of imide groups is 1. The maximum atomic E-state index is 14.5. The number of nitrogens with zero attached hydrogens (tertiary/aromatic N) is 3. The summed E-state index contributed by atoms with van der Waals surface area (Å²) in [5.74, 6) is -1.23. The lowest BCUT2D eigenvalue weighted by Crippen LogP contribution is -2.50. The Kier molecular flexibility index (Phi) is 5.19. The molecule has 2 amide bonds. The molecule has 0 bridgehead atoms. The molecule has 4 unspecified atom stereocenters. The summed E-state index contributed by atoms with van der Waals surface area (Å²) in [5, 5.41) is 4.75. The zero-order chi connectivity index (χ0) is 27.2. The molecule has 2 fully saturated rings. The van der Waals surface area contributed by atoms with Crippen molar-refractivity contribution >= 4 is 40.0 Å². The number of aromatic nitrogens is 2. The molecule has 3 aromatic carbocycles. The number of halogens is 1. The van der Waals surface area contributed by atoms with E-state index >= 15 is 0 Å². The summed E-state index contributed by atoms with van der Waals surface area (Å²) in [5.41, 5.74) is 1.88. The zero-order valence-corrected chi connectivity index (χ0v) is 22.6. The SMILES string of the molecule is Cc1c(Cl)cccc1N1C(=O)C2C(CC(C)C)NC3(c4ccccc4-n4c3nc3ccccc3c4=O)C2C1=O. The lowest BCUT2D eigenvalue weighted by molar-refractivity contribution is -0.123. The molecule has 7 rings (SSSR count). The van der Waals surface area contributed by atoms with Crippen LogP contribution in [-0.2, 0) is 15.1 Å². The first-order valence-corrected chi connectivity index (χ1v) is 13.7. The highest BCUT2D eigenvalue weighted by molar-refractivity contribution is 6.32. The van der Waals surface area contributed by atoms with Gasteiger partial charge in [-0.3, -0.25) is 24.3 Å². The number of hydrogen-bond donors (Lipinski definition) is 1. The van der Waals surface area contributed by atoms with Gasteiger partial charge in [0.1, 0.15) is 11.4 Å². The van der Waals surface area contributed by atoms with Crippen LogP contribution in [0.25, 0.3) is 16.6 Å². The van der Waals surface area contributed by atoms with Gasteiger partial charge in [-0.25, -0.2) is 9.88 Å². The van der Waals surface area contributed by atoms with Crippen LogP contribution in [0, 0.1) is 24.7 Å². The third kappa shape index (κ3) is 3.08. The van der Waals surface area contributed by atoms with Crippen molar-refractivity contribution in [1.82, 2.24) is 14.9 Å². The third-order valence-corrected chi connectivity index (χ3v) is 8.98. The molecule has 3 aliphatic heterocycles. The second kappa shape index (κ2) is 8.34. The number of para-hydroxylation sites is 2. The summed E-state index contributed by atoms with van der Waals surface area (Å²) in [6.45, 7) is 6.03. The molecule has 3 aliphatic rings. The first-order chi connectivity index (χ1) is 18.8. The van der Waals surface area contributed by atoms with Crippen molar-refractivity contribution < 1.29 is 9.59 Å². The number of carbonyl (C=O) groups excluding carboxylic acids is 2. The molecule has 1 N–H and O–H groups in total. The van der Waals surface area contributed by atoms with E-state index in [0.29, 0.717) is 45.1 Å². The lowest BCUT2D eigenvalue weighted by Gasteiger charge is -2.32. The maximum Gasteiger partial charge on any atom is 0.266 e. The quantitative estimate of drug-likeness (QED) is 0.381. The van der Waals surface area contributed by atoms with Crippen LogP contribution in [0.15, 0.2) is 71.5 Å². The Morgan fingerprint density at radius 1 is 0.949 bits per heavy atom. The number of hydrogen-bond acceptors (Lipinski definition) is 5. The first kappa shape index (κ1) is 24.2. The van der Waals surface area contributed by atoms with Gasteiger partial charge in [-0.1, -0.05) is 61.8 Å². The fourth-order valence-corrected chi connectivity index (χ4v) is 7.17. The van der Waals surface area contributed by atoms with Crippen molar-refractivity contribution in [3.05, 3.63) is 99.1 Å². The van der Waals surface area contributed by atoms with Gasteiger partial charge in [-0.2, -0.15) is 0 Å². The number of anilines is 1. The molecule has 8 heteroatoms. The summed E-state index contributed by atoms with van der Waals surface area (Å²) in [7, 11) is 0. The van der Waals surface area contributed by atoms with Crippen LogP contribution in [0.2, 0.25) is 5.02 Å². The van der Waals surface area contributed by atoms with E-state index < -0.39 is 17.4 Å². The summed E-state index contributed by atoms with van der Waals surface area (Å²) in [4.78, 5) is 49.0. The molecule has 2 saturated heterocycles. The molecular formula is C31H27ClN4O3. The van der Waals surface area contributed by atoms with Crippen LogP contribution in [0.5, 0.6) is 0 Å². The Morgan fingerprint density at radius 3 is 2.46 bits per heavy atom. The van der Waals surface area contributed by atoms with Crippen molar-refractivity contribution in [1.29, 1.82) is 0 Å². The van der Waals surface area contributed by atoms with Crippen molar-refractivity contribution in [2.45, 2.75) is 38.8 Å². The van der Waals surface area contributed by atoms with Gasteiger partial charge in [-0.05, 0) is 55.2 Å². The smallest absolute Gasteiger partial charge is 0.266 e. The largest absolute Gasteiger partial charge is 0.297 e. The summed E-state index contributed by atoms with van der Waals surface area (Å²) >= 11 is 6.42. The van der Waals surface area contributed by atoms with Crippen molar-refractivity contribution in [3.8, 4) is 5.69 Å². The zero-order valence-electron chi connectivity index (χ0n) is 21.8. The molecule has 0 radical (unpaired) electrons. The van der Waals surface area contributed by atoms with Gasteiger partial charge in [0.25, 0.3) is 5.56 Å². The maximum absolute atomic E-state index is 14.5. The Labute approximate surface area is 230 Å². The van der Waals surface area contributed by atoms with Gasteiger partial charge in [0.2, 0.25) is 11.8 Å². The first-order valence-electron chi connectivity index (χ1n) is 13.3. The number of amides is 2. The predicted octanol–water partition coefficient (Wildman–Crippen LogP) is 4.73. The molecule has 0 saturated carbocycles. The van der Waals surface area contributed by atoms with E-state index in [2.05, 4.69) is 19.2 Å². The minimum Gasteiger partial charge on any atom is -0.297 e. The lowest BCUT2D eigenvalue weighted by atomic mass is 9.75. The summed E-state index contributed by atoms with van der Waals surface area (Å²) in [6.07, 6.45) is 0.685. The fraction of sp³-hybridized carbons (Fsp3) is 0.290. The van der Waals surface area contributed by atoms with Crippen molar-refractivity contribution in [2.75, 3.05) is 4.90 Å². The van der Waals surface area contributed by atoms with E-state index in [1.165, 1.54) is 4.90 Å². The van der Waals surface area contributed by atoms with Crippen LogP contribution in [0.1, 0.15) is 37.2 Å². The van der Waals surface area contributed by atoms with E-state index in [-0.39, 0.29) is 29.3 Å². The topological polar surface area (TPSA) is 84.3 Å². The van der Waals surface area contributed by atoms with Gasteiger partial charge in [-0.15, -0.1) is 0 Å². The van der Waals surface area contributed by atoms with Gasteiger partial charge in [0.05, 0.1) is 34.1 Å². The van der Waals surface area contributed by atoms with Gasteiger partial charge >= 0.3 is 0 Å². The standard InChI is InChI=1S/C31H27ClN4O3/c1-16(2)15-22-25-26(29(39)35(28(25)38)23-14-8-11-20(32)17(23)3)31(34-22)19-10-5-7-13-24(19)36-27(37)18-9-4-6-12-21(18)33-30(31)36/h4-14,16,22,25-26,34H,15H2,1-3H3. The highest BCUT2D eigenvalue weighted by Crippen LogP contribution is 2.56. The molecule has 7 nitrogen and oxygen atoms in total. The number of rotatable bonds is 3. The average Bonchev–Trinajstić information content (AvgIpc) is 3.49. The molecule has 4 aromatic rings. The Hall–Kier alpha value is -3.81. The third-order valence-electron chi connectivity index (χ3n) is 8.57. The molecule has 1 spiro atoms. The minimum atomic E-state index is -1.14. The van der Waals surface area contributed by atoms with Crippen molar-refractivity contribution in [2.24, 2.45) is 17.8 Å². The fourth-order valence-electron chi connectivity index (χ4n) is 7.01. The van der Waals surface area contributed by atoms with Gasteiger partial charge in [0.15, 0.2) is 0 Å². The van der Waals surface area contributed by atoms with E-state index in [4.69, 9.17) is 16.6 Å². The van der Waals surface area contributed by atoms with Gasteiger partial charge < -0.3 is 0 Å². The van der Waals surface area contributed by atoms with E-state index in [0.717, 1.165) is 5.56 Å². The number of carbonyl (C=O) groups is 2. The Morgan fingerprint density at radius 2 is 1.67 bits per heavy atom. The molecule has 4 atom stereocenters. The molecule has 0 aliphatic carbocycles. The predicted molar refractivity (Wildman–Crippen MR) is 150 cm³/mol. The van der Waals surface area contributed by atoms with Crippen LogP contribution in [0.3, 0.4) is 0 Å². The van der Waals surface area contributed by atoms with Crippen LogP contribution in [0.4, 0.5) is 5.69 Å². The molecule has 4 heterocycles. The van der Waals surface area contributed by atoms with Crippen molar-refractivity contribution in [3.63, 3.8) is 0 Å². The average molecular weight is 539 g/mol. The second-order valence-electron chi connectivity index (χ2n) is 11.2. The van der Waals surface area contributed by atoms with Crippen LogP contribution >= 0.6 is 11.6 Å². The second-order valence-corrected chi connectivity index (χ2v) is 11.6. The monoisotopic (exact) mass is 538 g/mol. The minimum absolute atomic E-state index is 0.190. The van der Waals surface area contributed by atoms with E-state index in [1.807, 2.05) is 49.4 Å².